The first-order chi connectivity index (χ1) is 7.63. The van der Waals surface area contributed by atoms with Crippen molar-refractivity contribution < 1.29 is 13.9 Å². The molecule has 0 aromatic carbocycles. The fraction of sp³-hybridized carbons (Fsp3) is 0.500. The topological polar surface area (TPSA) is 56.5 Å². The zero-order chi connectivity index (χ0) is 12.0. The smallest absolute Gasteiger partial charge is 0.311 e. The van der Waals surface area contributed by atoms with E-state index >= 15 is 0 Å². The van der Waals surface area contributed by atoms with Crippen LogP contribution in [0.5, 0.6) is 5.75 Å². The van der Waals surface area contributed by atoms with Gasteiger partial charge >= 0.3 is 5.97 Å². The zero-order valence-electron chi connectivity index (χ0n) is 9.62. The summed E-state index contributed by atoms with van der Waals surface area (Å²) in [7, 11) is 0. The predicted molar refractivity (Wildman–Crippen MR) is 59.5 cm³/mol. The molecule has 1 aromatic rings. The minimum atomic E-state index is -0.385. The first-order valence-electron chi connectivity index (χ1n) is 5.43. The van der Waals surface area contributed by atoms with Crippen molar-refractivity contribution in [3.8, 4) is 5.75 Å². The molecular formula is C12H16O4. The minimum absolute atomic E-state index is 0.0351. The van der Waals surface area contributed by atoms with Crippen LogP contribution in [0.1, 0.15) is 38.4 Å². The monoisotopic (exact) mass is 224 g/mol. The van der Waals surface area contributed by atoms with E-state index in [-0.39, 0.29) is 17.1 Å². The summed E-state index contributed by atoms with van der Waals surface area (Å²) >= 11 is 0. The van der Waals surface area contributed by atoms with E-state index in [0.29, 0.717) is 12.2 Å². The van der Waals surface area contributed by atoms with Crippen LogP contribution in [0.4, 0.5) is 0 Å². The highest BCUT2D eigenvalue weighted by Gasteiger charge is 2.08. The van der Waals surface area contributed by atoms with Crippen LogP contribution in [0.2, 0.25) is 0 Å². The number of carbonyl (C=O) groups is 1. The van der Waals surface area contributed by atoms with Crippen molar-refractivity contribution in [2.75, 3.05) is 0 Å². The van der Waals surface area contributed by atoms with Gasteiger partial charge in [0.15, 0.2) is 0 Å². The second-order valence-corrected chi connectivity index (χ2v) is 3.65. The summed E-state index contributed by atoms with van der Waals surface area (Å²) < 4.78 is 9.89. The van der Waals surface area contributed by atoms with Crippen LogP contribution < -0.4 is 10.2 Å². The highest BCUT2D eigenvalue weighted by atomic mass is 16.5. The van der Waals surface area contributed by atoms with Crippen LogP contribution in [0, 0.1) is 6.92 Å². The number of ether oxygens (including phenoxy) is 1. The number of hydrogen-bond acceptors (Lipinski definition) is 4. The Morgan fingerprint density at radius 1 is 1.44 bits per heavy atom. The van der Waals surface area contributed by atoms with E-state index in [1.165, 1.54) is 12.3 Å². The molecule has 0 saturated heterocycles. The third-order valence-corrected chi connectivity index (χ3v) is 2.14. The lowest BCUT2D eigenvalue weighted by Crippen LogP contribution is -2.13. The van der Waals surface area contributed by atoms with Crippen LogP contribution in [-0.2, 0) is 4.79 Å². The SMILES string of the molecule is CCCCCC(=O)Oc1coc(C)cc1=O. The molecule has 0 atom stereocenters. The molecule has 0 aliphatic carbocycles. The lowest BCUT2D eigenvalue weighted by atomic mass is 10.2. The Hall–Kier alpha value is -1.58. The summed E-state index contributed by atoms with van der Waals surface area (Å²) in [6.07, 6.45) is 4.32. The van der Waals surface area contributed by atoms with Gasteiger partial charge in [-0.15, -0.1) is 0 Å². The van der Waals surface area contributed by atoms with Gasteiger partial charge < -0.3 is 9.15 Å². The number of hydrogen-bond donors (Lipinski definition) is 0. The molecule has 0 saturated carbocycles. The van der Waals surface area contributed by atoms with E-state index in [1.807, 2.05) is 0 Å². The first-order valence-corrected chi connectivity index (χ1v) is 5.43. The molecule has 1 heterocycles. The van der Waals surface area contributed by atoms with Gasteiger partial charge in [0.25, 0.3) is 0 Å². The fourth-order valence-electron chi connectivity index (χ4n) is 1.26. The molecule has 0 bridgehead atoms. The first kappa shape index (κ1) is 12.5. The number of rotatable bonds is 5. The summed E-state index contributed by atoms with van der Waals surface area (Å²) in [5.74, 6) is 0.0764. The number of unbranched alkanes of at least 4 members (excludes halogenated alkanes) is 2. The second-order valence-electron chi connectivity index (χ2n) is 3.65. The van der Waals surface area contributed by atoms with Gasteiger partial charge in [-0.3, -0.25) is 9.59 Å². The Kier molecular flexibility index (Phi) is 4.76. The van der Waals surface area contributed by atoms with Gasteiger partial charge in [-0.25, -0.2) is 0 Å². The van der Waals surface area contributed by atoms with Gasteiger partial charge in [-0.1, -0.05) is 19.8 Å². The van der Waals surface area contributed by atoms with Gasteiger partial charge in [-0.05, 0) is 13.3 Å². The quantitative estimate of drug-likeness (QED) is 0.569. The Morgan fingerprint density at radius 2 is 2.19 bits per heavy atom. The van der Waals surface area contributed by atoms with Gasteiger partial charge in [0.1, 0.15) is 12.0 Å². The van der Waals surface area contributed by atoms with Crippen LogP contribution in [0.25, 0.3) is 0 Å². The molecule has 0 spiro atoms. The van der Waals surface area contributed by atoms with Crippen molar-refractivity contribution in [3.05, 3.63) is 28.3 Å². The van der Waals surface area contributed by atoms with Crippen LogP contribution in [0.3, 0.4) is 0 Å². The Balaban J connectivity index is 2.53. The van der Waals surface area contributed by atoms with E-state index < -0.39 is 0 Å². The zero-order valence-corrected chi connectivity index (χ0v) is 9.62. The van der Waals surface area contributed by atoms with Crippen molar-refractivity contribution in [3.63, 3.8) is 0 Å². The number of carbonyl (C=O) groups excluding carboxylic acids is 1. The van der Waals surface area contributed by atoms with Gasteiger partial charge in [0, 0.05) is 12.5 Å². The summed E-state index contributed by atoms with van der Waals surface area (Å²) in [5.41, 5.74) is -0.326. The van der Waals surface area contributed by atoms with E-state index in [2.05, 4.69) is 6.92 Å². The van der Waals surface area contributed by atoms with Crippen LogP contribution in [0.15, 0.2) is 21.5 Å². The summed E-state index contributed by atoms with van der Waals surface area (Å²) in [6.45, 7) is 3.72. The molecule has 0 aliphatic rings. The third-order valence-electron chi connectivity index (χ3n) is 2.14. The normalized spacial score (nSPS) is 10.1. The Labute approximate surface area is 94.2 Å². The molecule has 4 nitrogen and oxygen atoms in total. The van der Waals surface area contributed by atoms with E-state index in [9.17, 15) is 9.59 Å². The maximum atomic E-state index is 11.4. The molecule has 16 heavy (non-hydrogen) atoms. The van der Waals surface area contributed by atoms with Gasteiger partial charge in [0.2, 0.25) is 11.2 Å². The number of aryl methyl sites for hydroxylation is 1. The molecular weight excluding hydrogens is 208 g/mol. The lowest BCUT2D eigenvalue weighted by molar-refractivity contribution is -0.134. The molecule has 88 valence electrons. The lowest BCUT2D eigenvalue weighted by Gasteiger charge is -2.02. The average molecular weight is 224 g/mol. The molecule has 0 unspecified atom stereocenters. The molecule has 4 heteroatoms. The molecule has 1 rings (SSSR count). The van der Waals surface area contributed by atoms with Crippen molar-refractivity contribution in [2.24, 2.45) is 0 Å². The summed E-state index contributed by atoms with van der Waals surface area (Å²) in [5, 5.41) is 0. The maximum Gasteiger partial charge on any atom is 0.311 e. The predicted octanol–water partition coefficient (Wildman–Crippen LogP) is 2.43. The van der Waals surface area contributed by atoms with Crippen molar-refractivity contribution in [1.29, 1.82) is 0 Å². The highest BCUT2D eigenvalue weighted by molar-refractivity contribution is 5.72. The van der Waals surface area contributed by atoms with E-state index in [4.69, 9.17) is 9.15 Å². The average Bonchev–Trinajstić information content (AvgIpc) is 2.23. The standard InChI is InChI=1S/C12H16O4/c1-3-4-5-6-12(14)16-11-8-15-9(2)7-10(11)13/h7-8H,3-6H2,1-2H3. The van der Waals surface area contributed by atoms with Crippen molar-refractivity contribution in [1.82, 2.24) is 0 Å². The Morgan fingerprint density at radius 3 is 2.81 bits per heavy atom. The summed E-state index contributed by atoms with van der Waals surface area (Å²) in [6, 6.07) is 1.30. The second kappa shape index (κ2) is 6.10. The molecule has 0 amide bonds. The van der Waals surface area contributed by atoms with Crippen LogP contribution >= 0.6 is 0 Å². The molecule has 1 aromatic heterocycles. The van der Waals surface area contributed by atoms with E-state index in [0.717, 1.165) is 19.3 Å². The molecule has 0 radical (unpaired) electrons. The Bertz CT molecular complexity index is 406. The molecule has 0 N–H and O–H groups in total. The van der Waals surface area contributed by atoms with Crippen LogP contribution in [-0.4, -0.2) is 5.97 Å². The van der Waals surface area contributed by atoms with Gasteiger partial charge in [-0.2, -0.15) is 0 Å². The van der Waals surface area contributed by atoms with Crippen molar-refractivity contribution in [2.45, 2.75) is 39.5 Å². The largest absolute Gasteiger partial charge is 0.465 e. The highest BCUT2D eigenvalue weighted by Crippen LogP contribution is 2.07. The van der Waals surface area contributed by atoms with E-state index in [1.54, 1.807) is 6.92 Å². The molecule has 0 fully saturated rings. The number of esters is 1. The van der Waals surface area contributed by atoms with Gasteiger partial charge in [0.05, 0.1) is 0 Å². The maximum absolute atomic E-state index is 11.4. The van der Waals surface area contributed by atoms with Crippen molar-refractivity contribution >= 4 is 5.97 Å². The minimum Gasteiger partial charge on any atom is -0.465 e. The molecule has 0 aliphatic heterocycles. The summed E-state index contributed by atoms with van der Waals surface area (Å²) in [4.78, 5) is 22.7. The third kappa shape index (κ3) is 3.88. The fourth-order valence-corrected chi connectivity index (χ4v) is 1.26.